The lowest BCUT2D eigenvalue weighted by Crippen LogP contribution is -2.26. The van der Waals surface area contributed by atoms with Crippen molar-refractivity contribution in [1.82, 2.24) is 0 Å². The van der Waals surface area contributed by atoms with Crippen LogP contribution in [0.1, 0.15) is 34.6 Å². The first kappa shape index (κ1) is 19.1. The van der Waals surface area contributed by atoms with Crippen LogP contribution in [0.15, 0.2) is 0 Å². The zero-order valence-corrected chi connectivity index (χ0v) is 11.9. The standard InChI is InChI=1S/C8H18O4.C4H11N/c1-3-10-4-5-11-6-7-12-8(2)9;1-4(2,3)5/h8-9H,3-7H2,1-2H3;5H2,1-3H3. The van der Waals surface area contributed by atoms with Gasteiger partial charge in [0, 0.05) is 12.1 Å². The lowest BCUT2D eigenvalue weighted by atomic mass is 10.1. The number of aliphatic hydroxyl groups is 1. The van der Waals surface area contributed by atoms with Gasteiger partial charge in [-0.05, 0) is 34.6 Å². The fourth-order valence-corrected chi connectivity index (χ4v) is 0.642. The monoisotopic (exact) mass is 251 g/mol. The Bertz CT molecular complexity index is 140. The highest BCUT2D eigenvalue weighted by atomic mass is 16.6. The van der Waals surface area contributed by atoms with Crippen molar-refractivity contribution in [3.05, 3.63) is 0 Å². The average Bonchev–Trinajstić information content (AvgIpc) is 2.13. The van der Waals surface area contributed by atoms with Gasteiger partial charge in [0.25, 0.3) is 0 Å². The lowest BCUT2D eigenvalue weighted by molar-refractivity contribution is -0.101. The largest absolute Gasteiger partial charge is 0.379 e. The number of nitrogens with two attached hydrogens (primary N) is 1. The SMILES string of the molecule is CC(C)(C)N.CCOCCOCCOC(C)O. The molecule has 1 unspecified atom stereocenters. The molecule has 0 heterocycles. The summed E-state index contributed by atoms with van der Waals surface area (Å²) in [5, 5.41) is 8.69. The molecule has 106 valence electrons. The van der Waals surface area contributed by atoms with Crippen LogP contribution in [0.2, 0.25) is 0 Å². The first-order valence-corrected chi connectivity index (χ1v) is 6.01. The van der Waals surface area contributed by atoms with Crippen molar-refractivity contribution in [3.8, 4) is 0 Å². The van der Waals surface area contributed by atoms with Crippen molar-refractivity contribution in [2.45, 2.75) is 46.4 Å². The molecule has 17 heavy (non-hydrogen) atoms. The van der Waals surface area contributed by atoms with Gasteiger partial charge in [-0.15, -0.1) is 0 Å². The number of ether oxygens (including phenoxy) is 3. The lowest BCUT2D eigenvalue weighted by Gasteiger charge is -2.07. The smallest absolute Gasteiger partial charge is 0.151 e. The fraction of sp³-hybridized carbons (Fsp3) is 1.00. The van der Waals surface area contributed by atoms with Crippen LogP contribution in [-0.4, -0.2) is 50.0 Å². The molecule has 0 aliphatic rings. The Kier molecular flexibility index (Phi) is 13.8. The maximum atomic E-state index is 8.69. The topological polar surface area (TPSA) is 73.9 Å². The fourth-order valence-electron chi connectivity index (χ4n) is 0.642. The van der Waals surface area contributed by atoms with Gasteiger partial charge in [0.2, 0.25) is 0 Å². The predicted molar refractivity (Wildman–Crippen MR) is 68.9 cm³/mol. The van der Waals surface area contributed by atoms with E-state index in [1.807, 2.05) is 27.7 Å². The Morgan fingerprint density at radius 3 is 1.88 bits per heavy atom. The molecule has 5 nitrogen and oxygen atoms in total. The highest BCUT2D eigenvalue weighted by molar-refractivity contribution is 4.60. The van der Waals surface area contributed by atoms with Crippen molar-refractivity contribution in [3.63, 3.8) is 0 Å². The van der Waals surface area contributed by atoms with E-state index in [-0.39, 0.29) is 5.54 Å². The number of hydrogen-bond donors (Lipinski definition) is 2. The Balaban J connectivity index is 0. The molecule has 3 N–H and O–H groups in total. The minimum Gasteiger partial charge on any atom is -0.379 e. The summed E-state index contributed by atoms with van der Waals surface area (Å²) in [6.45, 7) is 12.2. The van der Waals surface area contributed by atoms with Crippen LogP contribution in [0.25, 0.3) is 0 Å². The number of aliphatic hydroxyl groups excluding tert-OH is 1. The van der Waals surface area contributed by atoms with Crippen LogP contribution >= 0.6 is 0 Å². The van der Waals surface area contributed by atoms with Gasteiger partial charge in [-0.1, -0.05) is 0 Å². The molecular weight excluding hydrogens is 222 g/mol. The van der Waals surface area contributed by atoms with Crippen molar-refractivity contribution >= 4 is 0 Å². The Labute approximate surface area is 105 Å². The zero-order chi connectivity index (χ0) is 13.7. The molecule has 5 heteroatoms. The van der Waals surface area contributed by atoms with Gasteiger partial charge in [-0.25, -0.2) is 0 Å². The van der Waals surface area contributed by atoms with E-state index < -0.39 is 6.29 Å². The van der Waals surface area contributed by atoms with Crippen LogP contribution in [0.5, 0.6) is 0 Å². The minimum absolute atomic E-state index is 0. The van der Waals surface area contributed by atoms with Crippen LogP contribution in [-0.2, 0) is 14.2 Å². The Hall–Kier alpha value is -0.200. The minimum atomic E-state index is -0.708. The van der Waals surface area contributed by atoms with Gasteiger partial charge in [-0.3, -0.25) is 0 Å². The highest BCUT2D eigenvalue weighted by Crippen LogP contribution is 1.88. The third kappa shape index (κ3) is 38.9. The molecule has 0 fully saturated rings. The maximum absolute atomic E-state index is 8.69. The van der Waals surface area contributed by atoms with Crippen molar-refractivity contribution in [2.24, 2.45) is 5.73 Å². The molecule has 0 aliphatic carbocycles. The van der Waals surface area contributed by atoms with E-state index in [1.165, 1.54) is 0 Å². The third-order valence-electron chi connectivity index (χ3n) is 1.16. The molecular formula is C12H29NO4. The van der Waals surface area contributed by atoms with E-state index in [9.17, 15) is 0 Å². The van der Waals surface area contributed by atoms with Crippen LogP contribution < -0.4 is 5.73 Å². The molecule has 1 atom stereocenters. The summed E-state index contributed by atoms with van der Waals surface area (Å²) in [7, 11) is 0. The van der Waals surface area contributed by atoms with E-state index in [2.05, 4.69) is 0 Å². The summed E-state index contributed by atoms with van der Waals surface area (Å²) in [6.07, 6.45) is -0.708. The van der Waals surface area contributed by atoms with Crippen LogP contribution in [0.4, 0.5) is 0 Å². The van der Waals surface area contributed by atoms with Gasteiger partial charge in [0.15, 0.2) is 6.29 Å². The first-order chi connectivity index (χ1) is 7.77. The normalized spacial score (nSPS) is 12.9. The molecule has 0 radical (unpaired) electrons. The maximum Gasteiger partial charge on any atom is 0.151 e. The van der Waals surface area contributed by atoms with E-state index in [1.54, 1.807) is 6.92 Å². The second-order valence-corrected chi connectivity index (χ2v) is 4.65. The van der Waals surface area contributed by atoms with Gasteiger partial charge in [-0.2, -0.15) is 0 Å². The van der Waals surface area contributed by atoms with E-state index in [0.717, 1.165) is 0 Å². The molecule has 0 saturated heterocycles. The first-order valence-electron chi connectivity index (χ1n) is 6.01. The molecule has 0 amide bonds. The molecule has 0 spiro atoms. The number of hydrogen-bond acceptors (Lipinski definition) is 5. The molecule has 0 saturated carbocycles. The third-order valence-corrected chi connectivity index (χ3v) is 1.16. The van der Waals surface area contributed by atoms with Crippen molar-refractivity contribution < 1.29 is 19.3 Å². The molecule has 0 aromatic heterocycles. The summed E-state index contributed by atoms with van der Waals surface area (Å²) in [4.78, 5) is 0. The van der Waals surface area contributed by atoms with Gasteiger partial charge in [0.05, 0.1) is 26.4 Å². The van der Waals surface area contributed by atoms with E-state index >= 15 is 0 Å². The molecule has 0 aromatic rings. The molecule has 0 rings (SSSR count). The van der Waals surface area contributed by atoms with Gasteiger partial charge >= 0.3 is 0 Å². The quantitative estimate of drug-likeness (QED) is 0.500. The zero-order valence-electron chi connectivity index (χ0n) is 11.9. The van der Waals surface area contributed by atoms with Crippen LogP contribution in [0.3, 0.4) is 0 Å². The highest BCUT2D eigenvalue weighted by Gasteiger charge is 1.95. The summed E-state index contributed by atoms with van der Waals surface area (Å²) < 4.78 is 15.0. The Morgan fingerprint density at radius 1 is 1.06 bits per heavy atom. The average molecular weight is 251 g/mol. The van der Waals surface area contributed by atoms with Gasteiger partial charge in [0.1, 0.15) is 0 Å². The van der Waals surface area contributed by atoms with Crippen molar-refractivity contribution in [1.29, 1.82) is 0 Å². The van der Waals surface area contributed by atoms with Gasteiger partial charge < -0.3 is 25.1 Å². The second kappa shape index (κ2) is 12.3. The molecule has 0 aromatic carbocycles. The van der Waals surface area contributed by atoms with E-state index in [4.69, 9.17) is 25.1 Å². The molecule has 0 bridgehead atoms. The predicted octanol–water partition coefficient (Wildman–Crippen LogP) is 1.14. The number of rotatable bonds is 8. The van der Waals surface area contributed by atoms with Crippen molar-refractivity contribution in [2.75, 3.05) is 33.0 Å². The summed E-state index contributed by atoms with van der Waals surface area (Å²) in [5.74, 6) is 0. The van der Waals surface area contributed by atoms with E-state index in [0.29, 0.717) is 33.0 Å². The molecule has 0 aliphatic heterocycles. The second-order valence-electron chi connectivity index (χ2n) is 4.65. The summed E-state index contributed by atoms with van der Waals surface area (Å²) in [5.41, 5.74) is 5.35. The summed E-state index contributed by atoms with van der Waals surface area (Å²) in [6, 6.07) is 0. The Morgan fingerprint density at radius 2 is 1.47 bits per heavy atom. The van der Waals surface area contributed by atoms with Crippen LogP contribution in [0, 0.1) is 0 Å². The summed E-state index contributed by atoms with van der Waals surface area (Å²) >= 11 is 0.